The van der Waals surface area contributed by atoms with Crippen LogP contribution < -0.4 is 26.0 Å². The van der Waals surface area contributed by atoms with Crippen molar-refractivity contribution >= 4 is 61.5 Å². The number of rotatable bonds is 6. The molecular weight excluding hydrogens is 572 g/mol. The number of anilines is 6. The molecule has 12 heteroatoms. The molecule has 0 fully saturated rings. The highest BCUT2D eigenvalue weighted by Gasteiger charge is 2.26. The number of hydrogen-bond acceptors (Lipinski definition) is 10. The molecule has 4 N–H and O–H groups in total. The third-order valence-corrected chi connectivity index (χ3v) is 7.70. The summed E-state index contributed by atoms with van der Waals surface area (Å²) in [5.74, 6) is 1.63. The number of nitrogens with two attached hydrogens (primary N) is 1. The lowest BCUT2D eigenvalue weighted by Crippen LogP contribution is -2.32. The van der Waals surface area contributed by atoms with Crippen LogP contribution in [0.2, 0.25) is 0 Å². The van der Waals surface area contributed by atoms with Gasteiger partial charge in [-0.3, -0.25) is 14.6 Å². The molecule has 0 bridgehead atoms. The predicted molar refractivity (Wildman–Crippen MR) is 162 cm³/mol. The van der Waals surface area contributed by atoms with Crippen LogP contribution in [0.15, 0.2) is 53.5 Å². The van der Waals surface area contributed by atoms with Crippen molar-refractivity contribution in [2.24, 2.45) is 7.05 Å². The smallest absolute Gasteiger partial charge is 0.229 e. The quantitative estimate of drug-likeness (QED) is 0.217. The minimum Gasteiger partial charge on any atom is -0.494 e. The Balaban J connectivity index is 1.38. The lowest BCUT2D eigenvalue weighted by Gasteiger charge is -2.30. The number of aromatic nitrogens is 6. The Labute approximate surface area is 239 Å². The van der Waals surface area contributed by atoms with E-state index < -0.39 is 0 Å². The van der Waals surface area contributed by atoms with Crippen LogP contribution in [0.5, 0.6) is 5.75 Å². The molecule has 1 aliphatic rings. The third kappa shape index (κ3) is 4.53. The van der Waals surface area contributed by atoms with Gasteiger partial charge in [0.1, 0.15) is 17.1 Å². The van der Waals surface area contributed by atoms with E-state index in [2.05, 4.69) is 77.5 Å². The molecule has 3 aromatic heterocycles. The average molecular weight is 602 g/mol. The molecule has 2 aromatic carbocycles. The molecule has 0 unspecified atom stereocenters. The molecule has 6 rings (SSSR count). The fraction of sp³-hybridized carbons (Fsp3) is 0.250. The maximum Gasteiger partial charge on any atom is 0.229 e. The van der Waals surface area contributed by atoms with E-state index >= 15 is 0 Å². The molecular formula is C28H29BrN10O. The Morgan fingerprint density at radius 1 is 1.02 bits per heavy atom. The molecule has 0 saturated carbocycles. The first-order valence-electron chi connectivity index (χ1n) is 12.9. The minimum atomic E-state index is 0.321. The van der Waals surface area contributed by atoms with Crippen LogP contribution in [-0.4, -0.2) is 49.4 Å². The Morgan fingerprint density at radius 3 is 2.65 bits per heavy atom. The second-order valence-corrected chi connectivity index (χ2v) is 10.7. The van der Waals surface area contributed by atoms with Crippen molar-refractivity contribution in [3.8, 4) is 16.9 Å². The van der Waals surface area contributed by atoms with E-state index in [0.29, 0.717) is 44.9 Å². The van der Waals surface area contributed by atoms with Crippen LogP contribution in [-0.2, 0) is 13.5 Å². The number of aryl methyl sites for hydroxylation is 1. The van der Waals surface area contributed by atoms with Gasteiger partial charge in [-0.25, -0.2) is 4.98 Å². The number of fused-ring (bicyclic) bond motifs is 4. The second kappa shape index (κ2) is 10.3. The first kappa shape index (κ1) is 25.8. The molecule has 0 aliphatic carbocycles. The number of hydrogen-bond donors (Lipinski definition) is 3. The molecule has 0 saturated heterocycles. The molecule has 0 atom stereocenters. The zero-order chi connectivity index (χ0) is 28.0. The van der Waals surface area contributed by atoms with Crippen LogP contribution >= 0.6 is 15.9 Å². The first-order valence-corrected chi connectivity index (χ1v) is 13.7. The molecule has 0 amide bonds. The van der Waals surface area contributed by atoms with Crippen molar-refractivity contribution in [2.45, 2.75) is 26.3 Å². The summed E-state index contributed by atoms with van der Waals surface area (Å²) >= 11 is 3.55. The van der Waals surface area contributed by atoms with Gasteiger partial charge < -0.3 is 26.0 Å². The number of nitrogen functional groups attached to an aromatic ring is 1. The van der Waals surface area contributed by atoms with Crippen molar-refractivity contribution in [1.29, 1.82) is 0 Å². The van der Waals surface area contributed by atoms with Crippen molar-refractivity contribution in [3.05, 3.63) is 59.2 Å². The summed E-state index contributed by atoms with van der Waals surface area (Å²) in [6, 6.07) is 8.21. The molecule has 5 aromatic rings. The van der Waals surface area contributed by atoms with Crippen LogP contribution in [0.25, 0.3) is 22.2 Å². The standard InChI is InChI=1S/C28H29BrN10O/c1-15(2)39-10-7-22-17(13-34-38(22)3)16-11-21(24(40-4)12-23(16)39)36-28-33-14-18(29)27(37-28)35-19-5-6-20-26(25(19)30)32-9-8-31-20/h5-6,8-9,11-15H,7,10,30H2,1-4H3,(H2,33,35,36,37). The summed E-state index contributed by atoms with van der Waals surface area (Å²) in [6.45, 7) is 5.30. The summed E-state index contributed by atoms with van der Waals surface area (Å²) in [4.78, 5) is 20.3. The van der Waals surface area contributed by atoms with Crippen LogP contribution in [0.1, 0.15) is 19.5 Å². The Bertz CT molecular complexity index is 1730. The minimum absolute atomic E-state index is 0.321. The van der Waals surface area contributed by atoms with E-state index in [9.17, 15) is 0 Å². The predicted octanol–water partition coefficient (Wildman–Crippen LogP) is 5.43. The van der Waals surface area contributed by atoms with Gasteiger partial charge in [-0.1, -0.05) is 0 Å². The topological polar surface area (TPSA) is 132 Å². The van der Waals surface area contributed by atoms with Crippen molar-refractivity contribution in [1.82, 2.24) is 29.7 Å². The molecule has 204 valence electrons. The SMILES string of the molecule is COc1cc2c(cc1Nc1ncc(Br)c(Nc3ccc4nccnc4c3N)n1)-c1cnn(C)c1CCN2C(C)C. The van der Waals surface area contributed by atoms with E-state index in [-0.39, 0.29) is 0 Å². The number of halogens is 1. The fourth-order valence-electron chi connectivity index (χ4n) is 5.09. The molecule has 0 spiro atoms. The summed E-state index contributed by atoms with van der Waals surface area (Å²) in [5, 5.41) is 11.2. The average Bonchev–Trinajstić information content (AvgIpc) is 3.23. The summed E-state index contributed by atoms with van der Waals surface area (Å²) < 4.78 is 8.47. The van der Waals surface area contributed by atoms with Crippen LogP contribution in [0, 0.1) is 0 Å². The molecule has 11 nitrogen and oxygen atoms in total. The summed E-state index contributed by atoms with van der Waals surface area (Å²) in [6.07, 6.45) is 7.78. The van der Waals surface area contributed by atoms with Gasteiger partial charge in [0.25, 0.3) is 0 Å². The monoisotopic (exact) mass is 600 g/mol. The van der Waals surface area contributed by atoms with Crippen molar-refractivity contribution in [2.75, 3.05) is 34.9 Å². The van der Waals surface area contributed by atoms with Gasteiger partial charge in [-0.15, -0.1) is 0 Å². The number of nitrogens with zero attached hydrogens (tertiary/aromatic N) is 7. The summed E-state index contributed by atoms with van der Waals surface area (Å²) in [7, 11) is 3.66. The van der Waals surface area contributed by atoms with Gasteiger partial charge in [0.05, 0.1) is 40.4 Å². The van der Waals surface area contributed by atoms with Gasteiger partial charge in [0.15, 0.2) is 0 Å². The Morgan fingerprint density at radius 2 is 1.85 bits per heavy atom. The molecule has 1 aliphatic heterocycles. The number of nitrogens with one attached hydrogen (secondary N) is 2. The van der Waals surface area contributed by atoms with Gasteiger partial charge in [-0.05, 0) is 48.0 Å². The van der Waals surface area contributed by atoms with Gasteiger partial charge in [0, 0.05) is 73.2 Å². The van der Waals surface area contributed by atoms with Crippen LogP contribution in [0.4, 0.5) is 34.5 Å². The lowest BCUT2D eigenvalue weighted by molar-refractivity contribution is 0.416. The normalized spacial score (nSPS) is 12.7. The fourth-order valence-corrected chi connectivity index (χ4v) is 5.38. The van der Waals surface area contributed by atoms with Crippen LogP contribution in [0.3, 0.4) is 0 Å². The van der Waals surface area contributed by atoms with Crippen molar-refractivity contribution < 1.29 is 4.74 Å². The third-order valence-electron chi connectivity index (χ3n) is 7.12. The largest absolute Gasteiger partial charge is 0.494 e. The van der Waals surface area contributed by atoms with Gasteiger partial charge >= 0.3 is 0 Å². The zero-order valence-electron chi connectivity index (χ0n) is 22.6. The number of ether oxygens (including phenoxy) is 1. The van der Waals surface area contributed by atoms with E-state index in [1.54, 1.807) is 25.7 Å². The van der Waals surface area contributed by atoms with E-state index in [1.807, 2.05) is 30.1 Å². The molecule has 0 radical (unpaired) electrons. The maximum atomic E-state index is 6.40. The maximum absolute atomic E-state index is 6.40. The number of benzene rings is 2. The van der Waals surface area contributed by atoms with Gasteiger partial charge in [0.2, 0.25) is 5.95 Å². The molecule has 40 heavy (non-hydrogen) atoms. The van der Waals surface area contributed by atoms with E-state index in [0.717, 1.165) is 41.0 Å². The highest BCUT2D eigenvalue weighted by molar-refractivity contribution is 9.10. The highest BCUT2D eigenvalue weighted by Crippen LogP contribution is 2.43. The van der Waals surface area contributed by atoms with Gasteiger partial charge in [-0.2, -0.15) is 10.1 Å². The second-order valence-electron chi connectivity index (χ2n) is 9.83. The zero-order valence-corrected chi connectivity index (χ0v) is 24.2. The van der Waals surface area contributed by atoms with Crippen molar-refractivity contribution in [3.63, 3.8) is 0 Å². The number of methoxy groups -OCH3 is 1. The Kier molecular flexibility index (Phi) is 6.62. The van der Waals surface area contributed by atoms with E-state index in [1.165, 1.54) is 5.69 Å². The first-order chi connectivity index (χ1) is 19.3. The Hall–Kier alpha value is -4.45. The highest BCUT2D eigenvalue weighted by atomic mass is 79.9. The molecule has 4 heterocycles. The summed E-state index contributed by atoms with van der Waals surface area (Å²) in [5.41, 5.74) is 14.1. The lowest BCUT2D eigenvalue weighted by atomic mass is 10.0. The van der Waals surface area contributed by atoms with E-state index in [4.69, 9.17) is 15.5 Å².